The van der Waals surface area contributed by atoms with Crippen LogP contribution >= 0.6 is 21.4 Å². The Morgan fingerprint density at radius 3 is 1.11 bits per heavy atom. The van der Waals surface area contributed by atoms with E-state index in [1.54, 1.807) is 0 Å². The van der Waals surface area contributed by atoms with Gasteiger partial charge in [-0.3, -0.25) is 0 Å². The van der Waals surface area contributed by atoms with Gasteiger partial charge in [0.15, 0.2) is 0 Å². The Hall–Kier alpha value is 0.480. The second kappa shape index (κ2) is 2.61. The van der Waals surface area contributed by atoms with E-state index in [-0.39, 0.29) is 0 Å². The summed E-state index contributed by atoms with van der Waals surface area (Å²) in [5.74, 6) is 0. The SMILES string of the molecule is O=S(=O)(Cl)[C]S(=O)(=O)Cl. The number of halogens is 2. The predicted octanol–water partition coefficient (Wildman–Crippen LogP) is 0.120. The molecule has 0 aromatic heterocycles. The van der Waals surface area contributed by atoms with E-state index in [0.717, 1.165) is 5.08 Å². The smallest absolute Gasteiger partial charge is 0.210 e. The Morgan fingerprint density at radius 2 is 1.11 bits per heavy atom. The van der Waals surface area contributed by atoms with Gasteiger partial charge < -0.3 is 0 Å². The molecule has 0 aliphatic rings. The first-order valence-corrected chi connectivity index (χ1v) is 6.00. The summed E-state index contributed by atoms with van der Waals surface area (Å²) >= 11 is 0. The van der Waals surface area contributed by atoms with Crippen molar-refractivity contribution in [1.29, 1.82) is 0 Å². The number of hydrogen-bond donors (Lipinski definition) is 0. The second-order valence-corrected chi connectivity index (χ2v) is 5.81. The zero-order valence-electron chi connectivity index (χ0n) is 3.71. The van der Waals surface area contributed by atoms with Crippen LogP contribution in [0.3, 0.4) is 0 Å². The highest BCUT2D eigenvalue weighted by Gasteiger charge is 2.19. The summed E-state index contributed by atoms with van der Waals surface area (Å²) in [6, 6.07) is 0. The van der Waals surface area contributed by atoms with Crippen molar-refractivity contribution in [3.8, 4) is 0 Å². The summed E-state index contributed by atoms with van der Waals surface area (Å²) < 4.78 is 39.4. The van der Waals surface area contributed by atoms with Crippen molar-refractivity contribution >= 4 is 39.5 Å². The molecule has 0 atom stereocenters. The van der Waals surface area contributed by atoms with Crippen LogP contribution < -0.4 is 0 Å². The van der Waals surface area contributed by atoms with Gasteiger partial charge in [0.25, 0.3) is 23.2 Å². The minimum Gasteiger partial charge on any atom is -0.210 e. The molecule has 0 aliphatic carbocycles. The molecular weight excluding hydrogens is 211 g/mol. The maximum atomic E-state index is 9.84. The van der Waals surface area contributed by atoms with E-state index in [4.69, 9.17) is 0 Å². The molecule has 0 aromatic rings. The van der Waals surface area contributed by atoms with E-state index >= 15 is 0 Å². The van der Waals surface area contributed by atoms with Crippen LogP contribution in [0.15, 0.2) is 0 Å². The molecule has 8 heteroatoms. The fourth-order valence-corrected chi connectivity index (χ4v) is 2.85. The molecule has 0 aliphatic heterocycles. The molecule has 0 fully saturated rings. The van der Waals surface area contributed by atoms with Crippen LogP contribution in [-0.2, 0) is 18.1 Å². The highest BCUT2D eigenvalue weighted by molar-refractivity contribution is 8.30. The summed E-state index contributed by atoms with van der Waals surface area (Å²) in [4.78, 5) is 0. The van der Waals surface area contributed by atoms with Crippen molar-refractivity contribution in [3.63, 3.8) is 0 Å². The number of hydrogen-bond acceptors (Lipinski definition) is 4. The van der Waals surface area contributed by atoms with Crippen LogP contribution in [0.5, 0.6) is 0 Å². The molecule has 4 nitrogen and oxygen atoms in total. The van der Waals surface area contributed by atoms with Gasteiger partial charge in [-0.25, -0.2) is 16.8 Å². The molecule has 0 unspecified atom stereocenters. The monoisotopic (exact) mass is 210 g/mol. The van der Waals surface area contributed by atoms with E-state index in [9.17, 15) is 16.8 Å². The van der Waals surface area contributed by atoms with Gasteiger partial charge in [-0.2, -0.15) is 0 Å². The summed E-state index contributed by atoms with van der Waals surface area (Å²) in [5.41, 5.74) is 0. The number of rotatable bonds is 2. The van der Waals surface area contributed by atoms with Crippen LogP contribution in [0.1, 0.15) is 0 Å². The van der Waals surface area contributed by atoms with Crippen molar-refractivity contribution in [3.05, 3.63) is 5.08 Å². The predicted molar refractivity (Wildman–Crippen MR) is 32.8 cm³/mol. The maximum Gasteiger partial charge on any atom is 0.279 e. The molecule has 0 rings (SSSR count). The molecule has 0 N–H and O–H groups in total. The summed E-state index contributed by atoms with van der Waals surface area (Å²) in [7, 11) is 0.272. The first-order valence-electron chi connectivity index (χ1n) is 1.38. The quantitative estimate of drug-likeness (QED) is 0.608. The minimum absolute atomic E-state index is 0.934. The molecule has 0 amide bonds. The van der Waals surface area contributed by atoms with Crippen LogP contribution in [0, 0.1) is 5.08 Å². The zero-order valence-corrected chi connectivity index (χ0v) is 6.85. The third-order valence-corrected chi connectivity index (χ3v) is 2.93. The lowest BCUT2D eigenvalue weighted by atomic mass is 11.9. The fourth-order valence-electron chi connectivity index (χ4n) is 0.119. The van der Waals surface area contributed by atoms with E-state index in [1.165, 1.54) is 0 Å². The van der Waals surface area contributed by atoms with Gasteiger partial charge in [0.2, 0.25) is 0 Å². The van der Waals surface area contributed by atoms with Crippen molar-refractivity contribution in [2.75, 3.05) is 0 Å². The largest absolute Gasteiger partial charge is 0.279 e. The maximum absolute atomic E-state index is 9.84. The van der Waals surface area contributed by atoms with Crippen molar-refractivity contribution in [1.82, 2.24) is 0 Å². The molecule has 0 saturated heterocycles. The Kier molecular flexibility index (Phi) is 2.75. The second-order valence-electron chi connectivity index (χ2n) is 0.959. The third-order valence-electron chi connectivity index (χ3n) is 0.199. The van der Waals surface area contributed by atoms with Crippen LogP contribution in [0.4, 0.5) is 0 Å². The first kappa shape index (κ1) is 9.48. The molecule has 0 aromatic carbocycles. The summed E-state index contributed by atoms with van der Waals surface area (Å²) in [6.07, 6.45) is 0. The Balaban J connectivity index is 4.46. The summed E-state index contributed by atoms with van der Waals surface area (Å²) in [6.45, 7) is 0. The van der Waals surface area contributed by atoms with Crippen molar-refractivity contribution < 1.29 is 16.8 Å². The molecule has 0 spiro atoms. The Bertz CT molecular complexity index is 242. The molecule has 0 saturated carbocycles. The molecule has 2 radical (unpaired) electrons. The van der Waals surface area contributed by atoms with Crippen molar-refractivity contribution in [2.45, 2.75) is 0 Å². The average Bonchev–Trinajstić information content (AvgIpc) is 1.14. The van der Waals surface area contributed by atoms with E-state index in [2.05, 4.69) is 21.4 Å². The highest BCUT2D eigenvalue weighted by Crippen LogP contribution is 2.11. The van der Waals surface area contributed by atoms with Crippen LogP contribution in [0.25, 0.3) is 0 Å². The topological polar surface area (TPSA) is 68.3 Å². The van der Waals surface area contributed by atoms with Gasteiger partial charge in [0.1, 0.15) is 0 Å². The van der Waals surface area contributed by atoms with Gasteiger partial charge in [-0.15, -0.1) is 0 Å². The van der Waals surface area contributed by atoms with E-state index < -0.39 is 18.1 Å². The Labute approximate surface area is 61.6 Å². The third kappa shape index (κ3) is 8.48. The standard InChI is InChI=1S/CCl2O4S2/c2-8(4,5)1-9(3,6)7. The van der Waals surface area contributed by atoms with E-state index in [0.29, 0.717) is 0 Å². The van der Waals surface area contributed by atoms with Gasteiger partial charge in [-0.1, -0.05) is 0 Å². The zero-order chi connectivity index (χ0) is 7.71. The lowest BCUT2D eigenvalue weighted by molar-refractivity contribution is 0.608. The molecular formula is CCl2O4S2. The average molecular weight is 211 g/mol. The molecule has 0 heterocycles. The fraction of sp³-hybridized carbons (Fsp3) is 0. The molecule has 9 heavy (non-hydrogen) atoms. The Morgan fingerprint density at radius 1 is 0.889 bits per heavy atom. The minimum atomic E-state index is -4.28. The van der Waals surface area contributed by atoms with Crippen LogP contribution in [0.2, 0.25) is 0 Å². The highest BCUT2D eigenvalue weighted by atomic mass is 35.7. The first-order chi connectivity index (χ1) is 3.71. The molecule has 0 bridgehead atoms. The summed E-state index contributed by atoms with van der Waals surface area (Å²) in [5, 5.41) is 0.934. The molecule has 54 valence electrons. The lowest BCUT2D eigenvalue weighted by Gasteiger charge is -1.84. The van der Waals surface area contributed by atoms with Gasteiger partial charge in [0.05, 0.1) is 0 Å². The van der Waals surface area contributed by atoms with Gasteiger partial charge >= 0.3 is 0 Å². The van der Waals surface area contributed by atoms with Crippen LogP contribution in [-0.4, -0.2) is 16.8 Å². The van der Waals surface area contributed by atoms with Gasteiger partial charge in [0, 0.05) is 21.4 Å². The van der Waals surface area contributed by atoms with E-state index in [1.807, 2.05) is 0 Å². The lowest BCUT2D eigenvalue weighted by Crippen LogP contribution is -1.97. The normalized spacial score (nSPS) is 13.6. The van der Waals surface area contributed by atoms with Gasteiger partial charge in [-0.05, 0) is 0 Å². The van der Waals surface area contributed by atoms with Crippen molar-refractivity contribution in [2.24, 2.45) is 0 Å².